The molecule has 4 rings (SSSR count). The van der Waals surface area contributed by atoms with Crippen molar-refractivity contribution in [1.29, 1.82) is 5.26 Å². The molecule has 0 aliphatic rings. The van der Waals surface area contributed by atoms with Gasteiger partial charge in [-0.05, 0) is 73.5 Å². The lowest BCUT2D eigenvalue weighted by atomic mass is 10.1. The van der Waals surface area contributed by atoms with E-state index in [0.717, 1.165) is 33.8 Å². The molecule has 0 aliphatic carbocycles. The smallest absolute Gasteiger partial charge is 0.237 e. The Bertz CT molecular complexity index is 1360. The maximum atomic E-state index is 13.4. The molecule has 1 amide bonds. The van der Waals surface area contributed by atoms with Crippen LogP contribution in [0.25, 0.3) is 17.1 Å². The van der Waals surface area contributed by atoms with E-state index in [4.69, 9.17) is 10.00 Å². The quantitative estimate of drug-likeness (QED) is 0.300. The van der Waals surface area contributed by atoms with Gasteiger partial charge in [-0.2, -0.15) is 5.26 Å². The number of amides is 1. The summed E-state index contributed by atoms with van der Waals surface area (Å²) in [6.07, 6.45) is 3.66. The lowest BCUT2D eigenvalue weighted by Crippen LogP contribution is -2.33. The number of nitriles is 1. The van der Waals surface area contributed by atoms with E-state index < -0.39 is 0 Å². The number of rotatable bonds is 9. The molecule has 0 bridgehead atoms. The Balaban J connectivity index is 1.64. The molecule has 0 spiro atoms. The van der Waals surface area contributed by atoms with Crippen LogP contribution in [0.3, 0.4) is 0 Å². The lowest BCUT2D eigenvalue weighted by Gasteiger charge is -2.22. The summed E-state index contributed by atoms with van der Waals surface area (Å²) < 4.78 is 7.22. The van der Waals surface area contributed by atoms with Crippen LogP contribution >= 0.6 is 11.8 Å². The predicted octanol–water partition coefficient (Wildman–Crippen LogP) is 4.99. The molecular formula is C27H26N6O2S. The SMILES string of the molecule is COc1ccc(-n2c(SCC(=O)N(CCC#N)c3cc(C)cc(C)c3)nnc2-c2ccncc2)cc1. The van der Waals surface area contributed by atoms with Crippen LogP contribution in [-0.2, 0) is 4.79 Å². The number of carbonyl (C=O) groups excluding carboxylic acids is 1. The zero-order valence-corrected chi connectivity index (χ0v) is 21.2. The Kier molecular flexibility index (Phi) is 7.98. The average Bonchev–Trinajstić information content (AvgIpc) is 3.31. The standard InChI is InChI=1S/C27H26N6O2S/c1-19-15-20(2)17-23(16-19)32(14-4-11-28)25(34)18-36-27-31-30-26(21-9-12-29-13-10-21)33(27)22-5-7-24(35-3)8-6-22/h5-10,12-13,15-17H,4,14,18H2,1-3H3. The van der Waals surface area contributed by atoms with Crippen molar-refractivity contribution < 1.29 is 9.53 Å². The normalized spacial score (nSPS) is 10.6. The summed E-state index contributed by atoms with van der Waals surface area (Å²) in [5.41, 5.74) is 4.63. The third-order valence-corrected chi connectivity index (χ3v) is 6.41. The summed E-state index contributed by atoms with van der Waals surface area (Å²) in [6.45, 7) is 4.32. The highest BCUT2D eigenvalue weighted by Crippen LogP contribution is 2.29. The number of aryl methyl sites for hydroxylation is 2. The van der Waals surface area contributed by atoms with Gasteiger partial charge in [0.25, 0.3) is 0 Å². The molecule has 182 valence electrons. The van der Waals surface area contributed by atoms with Gasteiger partial charge in [-0.15, -0.1) is 10.2 Å². The molecule has 0 saturated carbocycles. The number of aromatic nitrogens is 4. The van der Waals surface area contributed by atoms with Crippen LogP contribution in [0.1, 0.15) is 17.5 Å². The lowest BCUT2D eigenvalue weighted by molar-refractivity contribution is -0.116. The van der Waals surface area contributed by atoms with E-state index in [2.05, 4.69) is 27.3 Å². The zero-order valence-electron chi connectivity index (χ0n) is 20.4. The number of anilines is 1. The molecule has 2 heterocycles. The maximum Gasteiger partial charge on any atom is 0.237 e. The van der Waals surface area contributed by atoms with Crippen LogP contribution in [-0.4, -0.2) is 45.1 Å². The van der Waals surface area contributed by atoms with Crippen molar-refractivity contribution in [2.45, 2.75) is 25.4 Å². The summed E-state index contributed by atoms with van der Waals surface area (Å²) in [5.74, 6) is 1.43. The minimum Gasteiger partial charge on any atom is -0.497 e. The van der Waals surface area contributed by atoms with E-state index in [-0.39, 0.29) is 18.1 Å². The third kappa shape index (κ3) is 5.73. The first-order chi connectivity index (χ1) is 17.5. The highest BCUT2D eigenvalue weighted by molar-refractivity contribution is 7.99. The van der Waals surface area contributed by atoms with Crippen molar-refractivity contribution in [2.24, 2.45) is 0 Å². The van der Waals surface area contributed by atoms with E-state index >= 15 is 0 Å². The first-order valence-corrected chi connectivity index (χ1v) is 12.4. The van der Waals surface area contributed by atoms with Crippen molar-refractivity contribution in [3.8, 4) is 28.9 Å². The van der Waals surface area contributed by atoms with Gasteiger partial charge in [0.15, 0.2) is 11.0 Å². The van der Waals surface area contributed by atoms with E-state index in [1.54, 1.807) is 24.4 Å². The number of pyridine rings is 1. The van der Waals surface area contributed by atoms with Crippen molar-refractivity contribution in [2.75, 3.05) is 24.3 Å². The fraction of sp³-hybridized carbons (Fsp3) is 0.222. The van der Waals surface area contributed by atoms with Gasteiger partial charge in [-0.3, -0.25) is 14.3 Å². The monoisotopic (exact) mass is 498 g/mol. The topological polar surface area (TPSA) is 96.9 Å². The molecular weight excluding hydrogens is 472 g/mol. The first-order valence-electron chi connectivity index (χ1n) is 11.4. The van der Waals surface area contributed by atoms with Crippen molar-refractivity contribution in [1.82, 2.24) is 19.7 Å². The average molecular weight is 499 g/mol. The molecule has 2 aromatic carbocycles. The van der Waals surface area contributed by atoms with Crippen molar-refractivity contribution in [3.63, 3.8) is 0 Å². The second-order valence-electron chi connectivity index (χ2n) is 8.16. The molecule has 0 atom stereocenters. The summed E-state index contributed by atoms with van der Waals surface area (Å²) in [7, 11) is 1.62. The number of benzene rings is 2. The van der Waals surface area contributed by atoms with E-state index in [0.29, 0.717) is 17.5 Å². The van der Waals surface area contributed by atoms with Crippen LogP contribution in [0.5, 0.6) is 5.75 Å². The Labute approximate surface area is 214 Å². The molecule has 0 N–H and O–H groups in total. The first kappa shape index (κ1) is 24.9. The highest BCUT2D eigenvalue weighted by atomic mass is 32.2. The molecule has 0 saturated heterocycles. The molecule has 9 heteroatoms. The fourth-order valence-corrected chi connectivity index (χ4v) is 4.71. The van der Waals surface area contributed by atoms with Crippen LogP contribution < -0.4 is 9.64 Å². The van der Waals surface area contributed by atoms with Gasteiger partial charge in [0, 0.05) is 35.9 Å². The van der Waals surface area contributed by atoms with Crippen molar-refractivity contribution >= 4 is 23.4 Å². The predicted molar refractivity (Wildman–Crippen MR) is 140 cm³/mol. The second-order valence-corrected chi connectivity index (χ2v) is 9.11. The molecule has 2 aromatic heterocycles. The zero-order chi connectivity index (χ0) is 25.5. The van der Waals surface area contributed by atoms with E-state index in [9.17, 15) is 4.79 Å². The Morgan fingerprint density at radius 2 is 1.75 bits per heavy atom. The molecule has 0 radical (unpaired) electrons. The van der Waals surface area contributed by atoms with Gasteiger partial charge in [0.2, 0.25) is 5.91 Å². The second kappa shape index (κ2) is 11.5. The number of ether oxygens (including phenoxy) is 1. The van der Waals surface area contributed by atoms with Gasteiger partial charge in [-0.25, -0.2) is 0 Å². The number of hydrogen-bond acceptors (Lipinski definition) is 7. The van der Waals surface area contributed by atoms with Crippen LogP contribution in [0.15, 0.2) is 72.1 Å². The maximum absolute atomic E-state index is 13.4. The van der Waals surface area contributed by atoms with Gasteiger partial charge in [-0.1, -0.05) is 17.8 Å². The molecule has 0 aliphatic heterocycles. The highest BCUT2D eigenvalue weighted by Gasteiger charge is 2.21. The number of nitrogens with zero attached hydrogens (tertiary/aromatic N) is 6. The van der Waals surface area contributed by atoms with E-state index in [1.807, 2.05) is 66.9 Å². The Morgan fingerprint density at radius 1 is 1.06 bits per heavy atom. The van der Waals surface area contributed by atoms with Crippen LogP contribution in [0, 0.1) is 25.2 Å². The molecule has 4 aromatic rings. The molecule has 8 nitrogen and oxygen atoms in total. The minimum atomic E-state index is -0.102. The minimum absolute atomic E-state index is 0.102. The number of methoxy groups -OCH3 is 1. The third-order valence-electron chi connectivity index (χ3n) is 5.49. The van der Waals surface area contributed by atoms with Crippen LogP contribution in [0.2, 0.25) is 0 Å². The van der Waals surface area contributed by atoms with Crippen molar-refractivity contribution in [3.05, 3.63) is 78.1 Å². The largest absolute Gasteiger partial charge is 0.497 e. The van der Waals surface area contributed by atoms with Gasteiger partial charge in [0.1, 0.15) is 5.75 Å². The van der Waals surface area contributed by atoms with Gasteiger partial charge in [0.05, 0.1) is 25.4 Å². The van der Waals surface area contributed by atoms with Gasteiger partial charge >= 0.3 is 0 Å². The van der Waals surface area contributed by atoms with Gasteiger partial charge < -0.3 is 9.64 Å². The molecule has 0 unspecified atom stereocenters. The fourth-order valence-electron chi connectivity index (χ4n) is 3.89. The summed E-state index contributed by atoms with van der Waals surface area (Å²) in [4.78, 5) is 19.1. The van der Waals surface area contributed by atoms with E-state index in [1.165, 1.54) is 11.8 Å². The number of hydrogen-bond donors (Lipinski definition) is 0. The Hall–Kier alpha value is -4.16. The van der Waals surface area contributed by atoms with Crippen LogP contribution in [0.4, 0.5) is 5.69 Å². The molecule has 36 heavy (non-hydrogen) atoms. The summed E-state index contributed by atoms with van der Waals surface area (Å²) in [6, 6.07) is 19.5. The number of thioether (sulfide) groups is 1. The number of carbonyl (C=O) groups is 1. The molecule has 0 fully saturated rings. The summed E-state index contributed by atoms with van der Waals surface area (Å²) >= 11 is 1.31. The summed E-state index contributed by atoms with van der Waals surface area (Å²) in [5, 5.41) is 18.6. The Morgan fingerprint density at radius 3 is 2.39 bits per heavy atom.